The molecule has 1 amide bonds. The fourth-order valence-electron chi connectivity index (χ4n) is 5.96. The molecule has 8 nitrogen and oxygen atoms in total. The van der Waals surface area contributed by atoms with E-state index in [0.29, 0.717) is 18.8 Å². The number of methoxy groups -OCH3 is 1. The second-order valence-electron chi connectivity index (χ2n) is 10.6. The van der Waals surface area contributed by atoms with E-state index in [2.05, 4.69) is 15.2 Å². The van der Waals surface area contributed by atoms with Gasteiger partial charge in [-0.25, -0.2) is 4.98 Å². The zero-order chi connectivity index (χ0) is 26.5. The maximum atomic E-state index is 14.1. The predicted molar refractivity (Wildman–Crippen MR) is 150 cm³/mol. The summed E-state index contributed by atoms with van der Waals surface area (Å²) in [5.41, 5.74) is 2.31. The van der Waals surface area contributed by atoms with Gasteiger partial charge in [-0.1, -0.05) is 55.3 Å². The van der Waals surface area contributed by atoms with E-state index in [9.17, 15) is 9.90 Å². The molecule has 0 radical (unpaired) electrons. The predicted octanol–water partition coefficient (Wildman–Crippen LogP) is 4.34. The number of amides is 1. The van der Waals surface area contributed by atoms with Gasteiger partial charge in [0.15, 0.2) is 5.69 Å². The molecular weight excluding hydrogens is 478 g/mol. The van der Waals surface area contributed by atoms with Crippen molar-refractivity contribution in [3.8, 4) is 17.0 Å². The Bertz CT molecular complexity index is 1230. The largest absolute Gasteiger partial charge is 0.495 e. The molecule has 2 heterocycles. The Morgan fingerprint density at radius 1 is 1.18 bits per heavy atom. The van der Waals surface area contributed by atoms with Gasteiger partial charge in [-0.15, -0.1) is 0 Å². The Kier molecular flexibility index (Phi) is 8.00. The number of benzene rings is 2. The van der Waals surface area contributed by atoms with E-state index in [1.54, 1.807) is 13.4 Å². The number of ether oxygens (including phenoxy) is 1. The van der Waals surface area contributed by atoms with Gasteiger partial charge in [-0.05, 0) is 38.3 Å². The molecule has 1 saturated carbocycles. The summed E-state index contributed by atoms with van der Waals surface area (Å²) in [7, 11) is 1.67. The second-order valence-corrected chi connectivity index (χ2v) is 10.6. The number of piperazine rings is 1. The van der Waals surface area contributed by atoms with Crippen molar-refractivity contribution in [1.82, 2.24) is 19.8 Å². The van der Waals surface area contributed by atoms with Gasteiger partial charge in [0.25, 0.3) is 5.91 Å². The first kappa shape index (κ1) is 26.3. The van der Waals surface area contributed by atoms with Crippen LogP contribution in [0.3, 0.4) is 0 Å². The molecule has 1 saturated heterocycles. The quantitative estimate of drug-likeness (QED) is 0.412. The number of rotatable bonds is 8. The Morgan fingerprint density at radius 3 is 2.76 bits per heavy atom. The molecule has 3 atom stereocenters. The molecule has 202 valence electrons. The molecule has 1 aliphatic carbocycles. The Morgan fingerprint density at radius 2 is 1.97 bits per heavy atom. The number of carbonyl (C=O) groups is 1. The number of aliphatic hydroxyl groups is 1. The molecule has 38 heavy (non-hydrogen) atoms. The van der Waals surface area contributed by atoms with Gasteiger partial charge in [-0.3, -0.25) is 4.79 Å². The van der Waals surface area contributed by atoms with Crippen LogP contribution >= 0.6 is 0 Å². The van der Waals surface area contributed by atoms with Crippen molar-refractivity contribution in [2.45, 2.75) is 56.7 Å². The van der Waals surface area contributed by atoms with Crippen LogP contribution in [0.15, 0.2) is 60.9 Å². The normalized spacial score (nSPS) is 23.7. The van der Waals surface area contributed by atoms with Crippen LogP contribution in [0.5, 0.6) is 5.75 Å². The smallest absolute Gasteiger partial charge is 0.275 e. The Labute approximate surface area is 225 Å². The molecule has 5 rings (SSSR count). The van der Waals surface area contributed by atoms with Crippen molar-refractivity contribution in [3.63, 3.8) is 0 Å². The first-order valence-corrected chi connectivity index (χ1v) is 13.7. The highest BCUT2D eigenvalue weighted by Gasteiger charge is 2.39. The van der Waals surface area contributed by atoms with Gasteiger partial charge >= 0.3 is 0 Å². The van der Waals surface area contributed by atoms with Crippen molar-refractivity contribution < 1.29 is 14.6 Å². The topological polar surface area (TPSA) is 91.7 Å². The van der Waals surface area contributed by atoms with Crippen LogP contribution in [0.4, 0.5) is 5.69 Å². The van der Waals surface area contributed by atoms with E-state index in [1.807, 2.05) is 66.4 Å². The van der Waals surface area contributed by atoms with E-state index in [4.69, 9.17) is 9.72 Å². The van der Waals surface area contributed by atoms with Crippen molar-refractivity contribution in [3.05, 3.63) is 66.6 Å². The number of nitrogens with zero attached hydrogens (tertiary/aromatic N) is 3. The molecule has 2 aliphatic rings. The number of para-hydroxylation sites is 2. The summed E-state index contributed by atoms with van der Waals surface area (Å²) in [6, 6.07) is 17.8. The first-order valence-electron chi connectivity index (χ1n) is 13.7. The number of hydrogen-bond acceptors (Lipinski definition) is 6. The monoisotopic (exact) mass is 517 g/mol. The summed E-state index contributed by atoms with van der Waals surface area (Å²) in [5.74, 6) is 0.751. The minimum Gasteiger partial charge on any atom is -0.495 e. The molecule has 3 N–H and O–H groups in total. The zero-order valence-electron chi connectivity index (χ0n) is 22.4. The summed E-state index contributed by atoms with van der Waals surface area (Å²) >= 11 is 0. The van der Waals surface area contributed by atoms with Crippen LogP contribution in [0.2, 0.25) is 0 Å². The van der Waals surface area contributed by atoms with Crippen LogP contribution in [0, 0.1) is 0 Å². The van der Waals surface area contributed by atoms with Gasteiger partial charge in [0.1, 0.15) is 5.75 Å². The van der Waals surface area contributed by atoms with Crippen LogP contribution in [-0.4, -0.2) is 70.4 Å². The summed E-state index contributed by atoms with van der Waals surface area (Å²) in [6.07, 6.45) is 6.22. The summed E-state index contributed by atoms with van der Waals surface area (Å²) in [4.78, 5) is 20.8. The molecule has 2 fully saturated rings. The van der Waals surface area contributed by atoms with Crippen molar-refractivity contribution >= 4 is 11.6 Å². The Balaban J connectivity index is 1.40. The van der Waals surface area contributed by atoms with Gasteiger partial charge in [0.2, 0.25) is 0 Å². The highest BCUT2D eigenvalue weighted by atomic mass is 16.5. The van der Waals surface area contributed by atoms with E-state index in [1.165, 1.54) is 0 Å². The lowest BCUT2D eigenvalue weighted by Gasteiger charge is -2.39. The summed E-state index contributed by atoms with van der Waals surface area (Å²) < 4.78 is 7.52. The van der Waals surface area contributed by atoms with Crippen LogP contribution < -0.4 is 15.4 Å². The number of nitrogens with one attached hydrogen (secondary N) is 2. The molecule has 1 aromatic heterocycles. The minimum atomic E-state index is -0.843. The molecule has 8 heteroatoms. The van der Waals surface area contributed by atoms with Crippen LogP contribution in [0.1, 0.15) is 55.6 Å². The lowest BCUT2D eigenvalue weighted by atomic mass is 9.81. The lowest BCUT2D eigenvalue weighted by molar-refractivity contribution is -0.0243. The molecule has 1 aliphatic heterocycles. The van der Waals surface area contributed by atoms with Gasteiger partial charge in [-0.2, -0.15) is 0 Å². The highest BCUT2D eigenvalue weighted by molar-refractivity contribution is 5.98. The number of imidazole rings is 1. The van der Waals surface area contributed by atoms with Gasteiger partial charge in [0.05, 0.1) is 36.5 Å². The lowest BCUT2D eigenvalue weighted by Crippen LogP contribution is -2.54. The van der Waals surface area contributed by atoms with Crippen molar-refractivity contribution in [2.75, 3.05) is 38.6 Å². The molecule has 3 aromatic rings. The SMILES string of the molecule is COc1ccccc1NCC[C@@H]1CNCCN1C(=O)c1ncn([C@@H]2CCCC[C@]2(C)O)c1-c1ccccc1. The second kappa shape index (κ2) is 11.6. The number of carbonyl (C=O) groups excluding carboxylic acids is 1. The number of anilines is 1. The van der Waals surface area contributed by atoms with Gasteiger partial charge < -0.3 is 29.9 Å². The van der Waals surface area contributed by atoms with Crippen molar-refractivity contribution in [2.24, 2.45) is 0 Å². The zero-order valence-corrected chi connectivity index (χ0v) is 22.4. The molecule has 2 aromatic carbocycles. The molecular formula is C30H39N5O3. The first-order chi connectivity index (χ1) is 18.5. The number of hydrogen-bond donors (Lipinski definition) is 3. The fourth-order valence-corrected chi connectivity index (χ4v) is 5.96. The van der Waals surface area contributed by atoms with Gasteiger partial charge in [0, 0.05) is 37.8 Å². The van der Waals surface area contributed by atoms with E-state index in [0.717, 1.165) is 67.9 Å². The molecule has 0 unspecified atom stereocenters. The maximum Gasteiger partial charge on any atom is 0.275 e. The summed E-state index contributed by atoms with van der Waals surface area (Å²) in [5, 5.41) is 18.2. The maximum absolute atomic E-state index is 14.1. The third-order valence-corrected chi connectivity index (χ3v) is 8.02. The van der Waals surface area contributed by atoms with E-state index < -0.39 is 5.60 Å². The third-order valence-electron chi connectivity index (χ3n) is 8.02. The standard InChI is InChI=1S/C30H39N5O3/c1-30(37)16-9-8-14-26(30)35-21-33-27(28(35)22-10-4-3-5-11-22)29(36)34-19-18-31-20-23(34)15-17-32-24-12-6-7-13-25(24)38-2/h3-7,10-13,21,23,26,31-32,37H,8-9,14-20H2,1-2H3/t23-,26-,30+/m1/s1. The number of aromatic nitrogens is 2. The highest BCUT2D eigenvalue weighted by Crippen LogP contribution is 2.40. The van der Waals surface area contributed by atoms with Crippen LogP contribution in [-0.2, 0) is 0 Å². The average molecular weight is 518 g/mol. The molecule has 0 bridgehead atoms. The summed E-state index contributed by atoms with van der Waals surface area (Å²) in [6.45, 7) is 4.73. The minimum absolute atomic E-state index is 0.0324. The third kappa shape index (κ3) is 5.42. The molecule has 0 spiro atoms. The Hall–Kier alpha value is -3.36. The van der Waals surface area contributed by atoms with E-state index >= 15 is 0 Å². The van der Waals surface area contributed by atoms with Crippen LogP contribution in [0.25, 0.3) is 11.3 Å². The fraction of sp³-hybridized carbons (Fsp3) is 0.467. The van der Waals surface area contributed by atoms with E-state index in [-0.39, 0.29) is 18.0 Å². The average Bonchev–Trinajstić information content (AvgIpc) is 3.38. The van der Waals surface area contributed by atoms with Crippen molar-refractivity contribution in [1.29, 1.82) is 0 Å².